The van der Waals surface area contributed by atoms with E-state index < -0.39 is 11.8 Å². The van der Waals surface area contributed by atoms with E-state index in [0.717, 1.165) is 29.0 Å². The van der Waals surface area contributed by atoms with E-state index in [4.69, 9.17) is 23.2 Å². The third kappa shape index (κ3) is 8.21. The molecule has 5 nitrogen and oxygen atoms in total. The van der Waals surface area contributed by atoms with Crippen LogP contribution in [0.15, 0.2) is 113 Å². The van der Waals surface area contributed by atoms with Gasteiger partial charge in [0.25, 0.3) is 11.8 Å². The number of nitrogens with one attached hydrogen (secondary N) is 1. The molecule has 0 saturated heterocycles. The molecule has 4 aromatic rings. The summed E-state index contributed by atoms with van der Waals surface area (Å²) in [6, 6.07) is 25.1. The van der Waals surface area contributed by atoms with E-state index in [-0.39, 0.29) is 10.3 Å². The SMILES string of the molecule is O=C(NC(=O)c1ccc(Cc2ccc(C(Cl)=NN=C(Cl)c3cccc(Br)c3)cc2Br)c(Br)c1)c1cccc(Br)c1. The van der Waals surface area contributed by atoms with Crippen LogP contribution in [0, 0.1) is 0 Å². The third-order valence-corrected chi connectivity index (χ3v) is 8.64. The number of imide groups is 1. The molecule has 2 amide bonds. The normalized spacial score (nSPS) is 11.8. The molecule has 0 heterocycles. The van der Waals surface area contributed by atoms with Crippen LogP contribution in [-0.2, 0) is 6.42 Å². The summed E-state index contributed by atoms with van der Waals surface area (Å²) < 4.78 is 3.20. The molecule has 0 unspecified atom stereocenters. The van der Waals surface area contributed by atoms with Gasteiger partial charge in [-0.3, -0.25) is 14.9 Å². The second-order valence-electron chi connectivity index (χ2n) is 8.37. The number of benzene rings is 4. The number of rotatable bonds is 7. The predicted octanol–water partition coefficient (Wildman–Crippen LogP) is 9.48. The lowest BCUT2D eigenvalue weighted by molar-refractivity contribution is 0.0849. The van der Waals surface area contributed by atoms with Crippen LogP contribution < -0.4 is 5.32 Å². The highest BCUT2D eigenvalue weighted by Crippen LogP contribution is 2.27. The van der Waals surface area contributed by atoms with Crippen LogP contribution in [0.2, 0.25) is 0 Å². The lowest BCUT2D eigenvalue weighted by Gasteiger charge is -2.10. The monoisotopic (exact) mass is 825 g/mol. The molecule has 0 bridgehead atoms. The molecule has 40 heavy (non-hydrogen) atoms. The maximum atomic E-state index is 12.7. The van der Waals surface area contributed by atoms with Gasteiger partial charge in [-0.05, 0) is 66.1 Å². The summed E-state index contributed by atoms with van der Waals surface area (Å²) in [5.41, 5.74) is 4.07. The summed E-state index contributed by atoms with van der Waals surface area (Å²) in [7, 11) is 0. The van der Waals surface area contributed by atoms with Crippen molar-refractivity contribution >= 4 is 109 Å². The van der Waals surface area contributed by atoms with Gasteiger partial charge in [-0.2, -0.15) is 0 Å². The molecule has 0 atom stereocenters. The van der Waals surface area contributed by atoms with E-state index in [9.17, 15) is 9.59 Å². The Balaban J connectivity index is 1.44. The molecule has 0 spiro atoms. The number of halogens is 6. The molecule has 0 aliphatic carbocycles. The second kappa shape index (κ2) is 14.2. The zero-order valence-electron chi connectivity index (χ0n) is 20.3. The van der Waals surface area contributed by atoms with Gasteiger partial charge in [0.15, 0.2) is 10.3 Å². The van der Waals surface area contributed by atoms with E-state index >= 15 is 0 Å². The maximum absolute atomic E-state index is 12.7. The summed E-state index contributed by atoms with van der Waals surface area (Å²) in [5, 5.41) is 10.9. The Bertz CT molecular complexity index is 1680. The summed E-state index contributed by atoms with van der Waals surface area (Å²) in [6.45, 7) is 0. The first kappa shape index (κ1) is 30.8. The largest absolute Gasteiger partial charge is 0.288 e. The van der Waals surface area contributed by atoms with Crippen LogP contribution in [0.3, 0.4) is 0 Å². The summed E-state index contributed by atoms with van der Waals surface area (Å²) >= 11 is 26.6. The molecule has 11 heteroatoms. The number of carbonyl (C=O) groups is 2. The van der Waals surface area contributed by atoms with Crippen LogP contribution >= 0.6 is 86.9 Å². The highest BCUT2D eigenvalue weighted by Gasteiger charge is 2.15. The number of carbonyl (C=O) groups excluding carboxylic acids is 2. The first-order valence-corrected chi connectivity index (χ1v) is 15.4. The lowest BCUT2D eigenvalue weighted by Crippen LogP contribution is -2.30. The molecular formula is C29H17Br4Cl2N3O2. The van der Waals surface area contributed by atoms with Crippen LogP contribution in [0.25, 0.3) is 0 Å². The van der Waals surface area contributed by atoms with Gasteiger partial charge in [-0.1, -0.05) is 123 Å². The minimum Gasteiger partial charge on any atom is -0.288 e. The van der Waals surface area contributed by atoms with Gasteiger partial charge in [0.1, 0.15) is 0 Å². The number of nitrogens with zero attached hydrogens (tertiary/aromatic N) is 2. The number of hydrogen-bond acceptors (Lipinski definition) is 4. The second-order valence-corrected chi connectivity index (χ2v) is 12.6. The van der Waals surface area contributed by atoms with E-state index in [2.05, 4.69) is 79.2 Å². The van der Waals surface area contributed by atoms with Crippen molar-refractivity contribution in [3.8, 4) is 0 Å². The van der Waals surface area contributed by atoms with Gasteiger partial charge in [0.2, 0.25) is 0 Å². The molecule has 4 aromatic carbocycles. The first-order chi connectivity index (χ1) is 19.1. The van der Waals surface area contributed by atoms with E-state index in [0.29, 0.717) is 28.7 Å². The Morgan fingerprint density at radius 2 is 1.02 bits per heavy atom. The van der Waals surface area contributed by atoms with E-state index in [1.54, 1.807) is 36.4 Å². The zero-order valence-corrected chi connectivity index (χ0v) is 28.1. The maximum Gasteiger partial charge on any atom is 0.258 e. The summed E-state index contributed by atoms with van der Waals surface area (Å²) in [5.74, 6) is -0.960. The predicted molar refractivity (Wildman–Crippen MR) is 176 cm³/mol. The molecule has 0 saturated carbocycles. The van der Waals surface area contributed by atoms with Gasteiger partial charge < -0.3 is 0 Å². The van der Waals surface area contributed by atoms with Crippen LogP contribution in [0.5, 0.6) is 0 Å². The zero-order chi connectivity index (χ0) is 28.8. The van der Waals surface area contributed by atoms with Crippen LogP contribution in [0.1, 0.15) is 43.0 Å². The molecule has 0 radical (unpaired) electrons. The third-order valence-electron chi connectivity index (χ3n) is 5.59. The quantitative estimate of drug-likeness (QED) is 0.115. The van der Waals surface area contributed by atoms with Crippen LogP contribution in [0.4, 0.5) is 0 Å². The van der Waals surface area contributed by atoms with Crippen molar-refractivity contribution in [2.24, 2.45) is 10.2 Å². The molecule has 4 rings (SSSR count). The minimum absolute atomic E-state index is 0.189. The van der Waals surface area contributed by atoms with Crippen molar-refractivity contribution in [2.45, 2.75) is 6.42 Å². The van der Waals surface area contributed by atoms with Crippen molar-refractivity contribution in [1.29, 1.82) is 0 Å². The summed E-state index contributed by atoms with van der Waals surface area (Å²) in [4.78, 5) is 25.1. The minimum atomic E-state index is -0.487. The average Bonchev–Trinajstić information content (AvgIpc) is 2.93. The Morgan fingerprint density at radius 3 is 1.55 bits per heavy atom. The molecule has 202 valence electrons. The van der Waals surface area contributed by atoms with Gasteiger partial charge in [-0.15, -0.1) is 10.2 Å². The summed E-state index contributed by atoms with van der Waals surface area (Å²) in [6.07, 6.45) is 0.571. The fraction of sp³-hybridized carbons (Fsp3) is 0.0345. The standard InChI is InChI=1S/C29H17Br4Cl2N3O2/c30-22-5-1-3-18(12-22)26(34)37-38-27(35)19-9-7-16(24(32)14-19)11-17-8-10-21(15-25(17)33)29(40)36-28(39)20-4-2-6-23(31)13-20/h1-10,12-15H,11H2,(H,36,39,40). The smallest absolute Gasteiger partial charge is 0.258 e. The molecule has 0 fully saturated rings. The molecule has 1 N–H and O–H groups in total. The van der Waals surface area contributed by atoms with Crippen molar-refractivity contribution in [1.82, 2.24) is 5.32 Å². The molecule has 0 aromatic heterocycles. The Morgan fingerprint density at radius 1 is 0.600 bits per heavy atom. The molecule has 0 aliphatic heterocycles. The lowest BCUT2D eigenvalue weighted by atomic mass is 10.0. The average molecular weight is 830 g/mol. The first-order valence-electron chi connectivity index (χ1n) is 11.5. The van der Waals surface area contributed by atoms with Gasteiger partial charge >= 0.3 is 0 Å². The van der Waals surface area contributed by atoms with Crippen molar-refractivity contribution in [3.63, 3.8) is 0 Å². The Hall–Kier alpha value is -2.14. The number of hydrogen-bond donors (Lipinski definition) is 1. The van der Waals surface area contributed by atoms with Gasteiger partial charge in [0.05, 0.1) is 0 Å². The fourth-order valence-electron chi connectivity index (χ4n) is 3.55. The number of amides is 2. The topological polar surface area (TPSA) is 70.9 Å². The van der Waals surface area contributed by atoms with Gasteiger partial charge in [-0.25, -0.2) is 0 Å². The van der Waals surface area contributed by atoms with Crippen molar-refractivity contribution in [3.05, 3.63) is 136 Å². The highest BCUT2D eigenvalue weighted by atomic mass is 79.9. The van der Waals surface area contributed by atoms with E-state index in [1.807, 2.05) is 48.5 Å². The highest BCUT2D eigenvalue weighted by molar-refractivity contribution is 9.11. The van der Waals surface area contributed by atoms with Crippen molar-refractivity contribution in [2.75, 3.05) is 0 Å². The fourth-order valence-corrected chi connectivity index (χ4v) is 5.70. The van der Waals surface area contributed by atoms with Gasteiger partial charge in [0, 0.05) is 40.1 Å². The Kier molecular flexibility index (Phi) is 10.9. The molecule has 0 aliphatic rings. The molecular weight excluding hydrogens is 813 g/mol. The Labute approximate surface area is 274 Å². The van der Waals surface area contributed by atoms with E-state index in [1.165, 1.54) is 0 Å². The van der Waals surface area contributed by atoms with Crippen LogP contribution in [-0.4, -0.2) is 22.2 Å². The van der Waals surface area contributed by atoms with Crippen molar-refractivity contribution < 1.29 is 9.59 Å².